The van der Waals surface area contributed by atoms with Crippen LogP contribution in [-0.2, 0) is 0 Å². The van der Waals surface area contributed by atoms with Gasteiger partial charge in [0, 0.05) is 51.2 Å². The van der Waals surface area contributed by atoms with Crippen molar-refractivity contribution in [2.45, 2.75) is 19.3 Å². The Hall–Kier alpha value is -2.83. The Morgan fingerprint density at radius 1 is 0.889 bits per heavy atom. The summed E-state index contributed by atoms with van der Waals surface area (Å²) in [6.45, 7) is 4.31. The van der Waals surface area contributed by atoms with Crippen LogP contribution in [0.1, 0.15) is 40.3 Å². The summed E-state index contributed by atoms with van der Waals surface area (Å²) in [7, 11) is 0. The molecule has 2 aliphatic heterocycles. The van der Waals surface area contributed by atoms with Crippen molar-refractivity contribution in [1.82, 2.24) is 14.8 Å². The standard InChI is InChI=1S/C20H24N4O3/c25-19(23-8-2-1-3-9-23)17-15-16(6-7-21-17)22-10-12-24(13-11-22)20(26)18-5-4-14-27-18/h4-7,14-15H,1-3,8-13H2. The zero-order chi connectivity index (χ0) is 18.6. The quantitative estimate of drug-likeness (QED) is 0.831. The van der Waals surface area contributed by atoms with Gasteiger partial charge in [0.25, 0.3) is 11.8 Å². The number of nitrogens with zero attached hydrogens (tertiary/aromatic N) is 4. The molecule has 4 heterocycles. The Morgan fingerprint density at radius 3 is 2.33 bits per heavy atom. The van der Waals surface area contributed by atoms with Gasteiger partial charge in [0.2, 0.25) is 0 Å². The van der Waals surface area contributed by atoms with E-state index in [9.17, 15) is 9.59 Å². The zero-order valence-electron chi connectivity index (χ0n) is 15.3. The number of carbonyl (C=O) groups is 2. The second-order valence-corrected chi connectivity index (χ2v) is 7.01. The van der Waals surface area contributed by atoms with Crippen LogP contribution in [0, 0.1) is 0 Å². The van der Waals surface area contributed by atoms with Crippen LogP contribution < -0.4 is 4.90 Å². The second kappa shape index (κ2) is 7.82. The van der Waals surface area contributed by atoms with Crippen LogP contribution >= 0.6 is 0 Å². The number of anilines is 1. The number of piperazine rings is 1. The molecule has 0 bridgehead atoms. The van der Waals surface area contributed by atoms with Crippen molar-refractivity contribution >= 4 is 17.5 Å². The second-order valence-electron chi connectivity index (χ2n) is 7.01. The van der Waals surface area contributed by atoms with Crippen LogP contribution in [0.15, 0.2) is 41.1 Å². The van der Waals surface area contributed by atoms with E-state index in [1.165, 1.54) is 12.7 Å². The van der Waals surface area contributed by atoms with E-state index in [-0.39, 0.29) is 11.8 Å². The fraction of sp³-hybridized carbons (Fsp3) is 0.450. The Morgan fingerprint density at radius 2 is 1.63 bits per heavy atom. The molecule has 0 radical (unpaired) electrons. The topological polar surface area (TPSA) is 69.9 Å². The molecule has 2 fully saturated rings. The van der Waals surface area contributed by atoms with Gasteiger partial charge in [0.15, 0.2) is 5.76 Å². The Kier molecular flexibility index (Phi) is 5.09. The molecule has 0 atom stereocenters. The van der Waals surface area contributed by atoms with Crippen molar-refractivity contribution in [3.05, 3.63) is 48.2 Å². The highest BCUT2D eigenvalue weighted by molar-refractivity contribution is 5.93. The Balaban J connectivity index is 1.40. The molecule has 2 saturated heterocycles. The van der Waals surface area contributed by atoms with Crippen LogP contribution in [0.25, 0.3) is 0 Å². The van der Waals surface area contributed by atoms with Gasteiger partial charge in [-0.05, 0) is 43.5 Å². The number of aromatic nitrogens is 1. The molecular weight excluding hydrogens is 344 g/mol. The third-order valence-electron chi connectivity index (χ3n) is 5.27. The minimum Gasteiger partial charge on any atom is -0.459 e. The van der Waals surface area contributed by atoms with Gasteiger partial charge in [-0.25, -0.2) is 0 Å². The fourth-order valence-electron chi connectivity index (χ4n) is 3.72. The van der Waals surface area contributed by atoms with Gasteiger partial charge in [0.05, 0.1) is 6.26 Å². The summed E-state index contributed by atoms with van der Waals surface area (Å²) < 4.78 is 5.20. The lowest BCUT2D eigenvalue weighted by molar-refractivity contribution is 0.0711. The highest BCUT2D eigenvalue weighted by Gasteiger charge is 2.25. The molecular formula is C20H24N4O3. The first-order chi connectivity index (χ1) is 13.2. The summed E-state index contributed by atoms with van der Waals surface area (Å²) in [6, 6.07) is 7.22. The molecule has 0 unspecified atom stereocenters. The van der Waals surface area contributed by atoms with E-state index < -0.39 is 0 Å². The Labute approximate surface area is 158 Å². The fourth-order valence-corrected chi connectivity index (χ4v) is 3.72. The SMILES string of the molecule is O=C(c1cc(N2CCN(C(=O)c3ccco3)CC2)ccn1)N1CCCCC1. The van der Waals surface area contributed by atoms with Crippen molar-refractivity contribution < 1.29 is 14.0 Å². The third kappa shape index (κ3) is 3.82. The molecule has 2 amide bonds. The smallest absolute Gasteiger partial charge is 0.289 e. The normalized spacial score (nSPS) is 17.9. The summed E-state index contributed by atoms with van der Waals surface area (Å²) >= 11 is 0. The first-order valence-electron chi connectivity index (χ1n) is 9.55. The van der Waals surface area contributed by atoms with E-state index in [0.717, 1.165) is 31.6 Å². The molecule has 4 rings (SSSR count). The van der Waals surface area contributed by atoms with Crippen molar-refractivity contribution in [3.63, 3.8) is 0 Å². The van der Waals surface area contributed by atoms with E-state index >= 15 is 0 Å². The average Bonchev–Trinajstić information content (AvgIpc) is 3.28. The molecule has 0 N–H and O–H groups in total. The molecule has 0 aliphatic carbocycles. The maximum absolute atomic E-state index is 12.7. The highest BCUT2D eigenvalue weighted by Crippen LogP contribution is 2.20. The molecule has 142 valence electrons. The van der Waals surface area contributed by atoms with Gasteiger partial charge in [-0.1, -0.05) is 0 Å². The van der Waals surface area contributed by atoms with Gasteiger partial charge < -0.3 is 19.1 Å². The predicted octanol–water partition coefficient (Wildman–Crippen LogP) is 2.26. The summed E-state index contributed by atoms with van der Waals surface area (Å²) in [5.74, 6) is 0.320. The summed E-state index contributed by atoms with van der Waals surface area (Å²) in [4.78, 5) is 35.3. The maximum atomic E-state index is 12.7. The number of pyridine rings is 1. The number of rotatable bonds is 3. The lowest BCUT2D eigenvalue weighted by Gasteiger charge is -2.36. The van der Waals surface area contributed by atoms with E-state index in [4.69, 9.17) is 4.42 Å². The number of furan rings is 1. The van der Waals surface area contributed by atoms with Crippen molar-refractivity contribution in [1.29, 1.82) is 0 Å². The number of hydrogen-bond acceptors (Lipinski definition) is 5. The molecule has 7 nitrogen and oxygen atoms in total. The van der Waals surface area contributed by atoms with Crippen LogP contribution in [0.5, 0.6) is 0 Å². The lowest BCUT2D eigenvalue weighted by atomic mass is 10.1. The number of piperidine rings is 1. The van der Waals surface area contributed by atoms with E-state index in [1.54, 1.807) is 23.2 Å². The average molecular weight is 368 g/mol. The molecule has 7 heteroatoms. The lowest BCUT2D eigenvalue weighted by Crippen LogP contribution is -2.48. The minimum absolute atomic E-state index is 0.0168. The van der Waals surface area contributed by atoms with Gasteiger partial charge in [-0.15, -0.1) is 0 Å². The van der Waals surface area contributed by atoms with E-state index in [0.29, 0.717) is 37.6 Å². The monoisotopic (exact) mass is 368 g/mol. The molecule has 27 heavy (non-hydrogen) atoms. The van der Waals surface area contributed by atoms with Gasteiger partial charge in [0.1, 0.15) is 5.69 Å². The van der Waals surface area contributed by atoms with Crippen LogP contribution in [0.4, 0.5) is 5.69 Å². The predicted molar refractivity (Wildman–Crippen MR) is 101 cm³/mol. The molecule has 0 aromatic carbocycles. The summed E-state index contributed by atoms with van der Waals surface area (Å²) in [6.07, 6.45) is 6.54. The molecule has 2 aromatic rings. The van der Waals surface area contributed by atoms with Crippen molar-refractivity contribution in [2.24, 2.45) is 0 Å². The summed E-state index contributed by atoms with van der Waals surface area (Å²) in [5, 5.41) is 0. The summed E-state index contributed by atoms with van der Waals surface area (Å²) in [5.41, 5.74) is 1.49. The maximum Gasteiger partial charge on any atom is 0.289 e. The van der Waals surface area contributed by atoms with E-state index in [2.05, 4.69) is 9.88 Å². The first-order valence-corrected chi connectivity index (χ1v) is 9.55. The zero-order valence-corrected chi connectivity index (χ0v) is 15.3. The van der Waals surface area contributed by atoms with Crippen LogP contribution in [0.3, 0.4) is 0 Å². The van der Waals surface area contributed by atoms with E-state index in [1.807, 2.05) is 17.0 Å². The van der Waals surface area contributed by atoms with Crippen molar-refractivity contribution in [3.8, 4) is 0 Å². The largest absolute Gasteiger partial charge is 0.459 e. The van der Waals surface area contributed by atoms with Crippen molar-refractivity contribution in [2.75, 3.05) is 44.2 Å². The van der Waals surface area contributed by atoms with Crippen LogP contribution in [0.2, 0.25) is 0 Å². The number of amides is 2. The minimum atomic E-state index is -0.0738. The third-order valence-corrected chi connectivity index (χ3v) is 5.27. The number of carbonyl (C=O) groups excluding carboxylic acids is 2. The van der Waals surface area contributed by atoms with Gasteiger partial charge >= 0.3 is 0 Å². The Bertz CT molecular complexity index is 791. The molecule has 0 saturated carbocycles. The van der Waals surface area contributed by atoms with Gasteiger partial charge in [-0.3, -0.25) is 14.6 Å². The molecule has 2 aromatic heterocycles. The number of hydrogen-bond donors (Lipinski definition) is 0. The van der Waals surface area contributed by atoms with Crippen LogP contribution in [-0.4, -0.2) is 65.9 Å². The molecule has 2 aliphatic rings. The highest BCUT2D eigenvalue weighted by atomic mass is 16.3. The molecule has 0 spiro atoms. The number of likely N-dealkylation sites (tertiary alicyclic amines) is 1. The van der Waals surface area contributed by atoms with Gasteiger partial charge in [-0.2, -0.15) is 0 Å². The first kappa shape index (κ1) is 17.6.